The zero-order valence-electron chi connectivity index (χ0n) is 24.8. The van der Waals surface area contributed by atoms with Crippen molar-refractivity contribution in [2.75, 3.05) is 6.54 Å². The number of carboxylic acids is 5. The first kappa shape index (κ1) is 45.8. The van der Waals surface area contributed by atoms with E-state index in [2.05, 4.69) is 21.4 Å². The van der Waals surface area contributed by atoms with Gasteiger partial charge in [0.2, 0.25) is 5.91 Å². The normalized spacial score (nSPS) is 12.5. The average Bonchev–Trinajstić information content (AvgIpc) is 3.37. The van der Waals surface area contributed by atoms with Gasteiger partial charge >= 0.3 is 29.8 Å². The molecule has 250 valence electrons. The summed E-state index contributed by atoms with van der Waals surface area (Å²) in [5, 5.41) is 40.7. The Bertz CT molecular complexity index is 918. The van der Waals surface area contributed by atoms with Crippen LogP contribution < -0.4 is 34.4 Å². The van der Waals surface area contributed by atoms with Gasteiger partial charge < -0.3 is 64.9 Å². The molecule has 18 N–H and O–H groups in total. The minimum atomic E-state index is -1.21. The maximum atomic E-state index is 10.3. The van der Waals surface area contributed by atoms with Gasteiger partial charge in [-0.2, -0.15) is 0 Å². The van der Waals surface area contributed by atoms with Crippen molar-refractivity contribution in [3.05, 3.63) is 18.2 Å². The number of hydrogen-bond acceptors (Lipinski definition) is 12. The molecule has 1 heterocycles. The van der Waals surface area contributed by atoms with E-state index in [1.165, 1.54) is 6.33 Å². The predicted molar refractivity (Wildman–Crippen MR) is 154 cm³/mol. The van der Waals surface area contributed by atoms with Crippen LogP contribution in [0.4, 0.5) is 0 Å². The number of nitrogens with two attached hydrogens (primary N) is 6. The third-order valence-electron chi connectivity index (χ3n) is 4.30. The van der Waals surface area contributed by atoms with Gasteiger partial charge in [-0.05, 0) is 24.7 Å². The summed E-state index contributed by atoms with van der Waals surface area (Å²) in [5.74, 6) is -5.00. The molecule has 0 saturated carbocycles. The summed E-state index contributed by atoms with van der Waals surface area (Å²) in [6.45, 7) is 7.51. The molecule has 19 heteroatoms. The first-order valence-electron chi connectivity index (χ1n) is 12.7. The summed E-state index contributed by atoms with van der Waals surface area (Å²) in [5.41, 5.74) is 30.5. The van der Waals surface area contributed by atoms with Crippen molar-refractivity contribution in [1.82, 2.24) is 9.97 Å². The van der Waals surface area contributed by atoms with Crippen molar-refractivity contribution in [3.8, 4) is 0 Å². The number of aliphatic carboxylic acids is 5. The second kappa shape index (κ2) is 26.7. The molecular weight excluding hydrogens is 576 g/mol. The molecule has 0 bridgehead atoms. The number of aromatic amines is 1. The van der Waals surface area contributed by atoms with Crippen molar-refractivity contribution in [1.29, 1.82) is 0 Å². The molecule has 1 aromatic rings. The van der Waals surface area contributed by atoms with E-state index in [0.717, 1.165) is 0 Å². The quantitative estimate of drug-likeness (QED) is 0.108. The molecule has 19 nitrogen and oxygen atoms in total. The van der Waals surface area contributed by atoms with Crippen molar-refractivity contribution in [3.63, 3.8) is 0 Å². The number of carboxylic acid groups (broad SMARTS) is 5. The molecule has 0 aromatic carbocycles. The molecule has 4 unspecified atom stereocenters. The van der Waals surface area contributed by atoms with E-state index < -0.39 is 59.9 Å². The molecule has 0 aliphatic carbocycles. The number of primary amides is 1. The van der Waals surface area contributed by atoms with Crippen LogP contribution in [0, 0.1) is 11.8 Å². The SMILES string of the molecule is CC(C)CC(N)C(=O)O.CC(C)CC(N)C(=O)O.NC(=O)CC(N)C(=O)O.NC(Cc1c[nH]cn1)C(=O)O.NCC(=O)O. The molecule has 0 saturated heterocycles. The molecule has 1 amide bonds. The minimum absolute atomic E-state index is 0.263. The maximum Gasteiger partial charge on any atom is 0.321 e. The van der Waals surface area contributed by atoms with E-state index in [9.17, 15) is 28.8 Å². The number of H-pyrrole nitrogens is 1. The van der Waals surface area contributed by atoms with Gasteiger partial charge in [0.05, 0.1) is 25.0 Å². The molecule has 0 aliphatic heterocycles. The van der Waals surface area contributed by atoms with E-state index in [1.54, 1.807) is 6.20 Å². The number of imidazole rings is 1. The first-order valence-corrected chi connectivity index (χ1v) is 12.7. The Kier molecular flexibility index (Phi) is 28.5. The number of nitrogens with one attached hydrogen (secondary N) is 1. The summed E-state index contributed by atoms with van der Waals surface area (Å²) >= 11 is 0. The maximum absolute atomic E-state index is 10.3. The van der Waals surface area contributed by atoms with Crippen LogP contribution >= 0.6 is 0 Å². The number of amides is 1. The lowest BCUT2D eigenvalue weighted by atomic mass is 10.1. The van der Waals surface area contributed by atoms with E-state index in [1.807, 2.05) is 27.7 Å². The highest BCUT2D eigenvalue weighted by molar-refractivity contribution is 5.83. The molecule has 1 aromatic heterocycles. The molecule has 4 atom stereocenters. The summed E-state index contributed by atoms with van der Waals surface area (Å²) in [7, 11) is 0. The Labute approximate surface area is 249 Å². The average molecular weight is 625 g/mol. The lowest BCUT2D eigenvalue weighted by Gasteiger charge is -2.07. The highest BCUT2D eigenvalue weighted by Gasteiger charge is 2.14. The van der Waals surface area contributed by atoms with E-state index in [4.69, 9.17) is 48.5 Å². The fourth-order valence-corrected chi connectivity index (χ4v) is 2.24. The Morgan fingerprint density at radius 1 is 0.721 bits per heavy atom. The number of carbonyl (C=O) groups is 6. The second-order valence-electron chi connectivity index (χ2n) is 9.57. The standard InChI is InChI=1S/C6H9N3O2.2C6H13NO2.C4H8N2O3.C2H5NO2/c7-5(6(10)11)1-4-2-8-3-9-4;2*1-4(2)3-5(7)6(8)9;5-2(4(8)9)1-3(6)7;3-1-2(4)5/h2-3,5H,1,7H2,(H,8,9)(H,10,11);2*4-5H,3,7H2,1-2H3,(H,8,9);2H,1,5H2,(H2,6,7)(H,8,9);1,3H2,(H,4,5). The number of carbonyl (C=O) groups excluding carboxylic acids is 1. The Hall–Kier alpha value is -4.17. The summed E-state index contributed by atoms with van der Waals surface area (Å²) < 4.78 is 0. The van der Waals surface area contributed by atoms with Crippen LogP contribution in [-0.4, -0.2) is 102 Å². The van der Waals surface area contributed by atoms with Crippen molar-refractivity contribution >= 4 is 35.8 Å². The fraction of sp³-hybridized carbons (Fsp3) is 0.625. The van der Waals surface area contributed by atoms with E-state index in [0.29, 0.717) is 30.4 Å². The van der Waals surface area contributed by atoms with E-state index >= 15 is 0 Å². The lowest BCUT2D eigenvalue weighted by molar-refractivity contribution is -0.140. The zero-order valence-corrected chi connectivity index (χ0v) is 24.8. The van der Waals surface area contributed by atoms with Gasteiger partial charge in [-0.1, -0.05) is 27.7 Å². The van der Waals surface area contributed by atoms with Gasteiger partial charge in [-0.15, -0.1) is 0 Å². The second-order valence-corrected chi connectivity index (χ2v) is 9.57. The van der Waals surface area contributed by atoms with Gasteiger partial charge in [0, 0.05) is 12.6 Å². The summed E-state index contributed by atoms with van der Waals surface area (Å²) in [6, 6.07) is -3.41. The number of rotatable bonds is 13. The molecular formula is C24H48N8O11. The largest absolute Gasteiger partial charge is 0.480 e. The molecule has 1 rings (SSSR count). The Balaban J connectivity index is -0.000000225. The topological polar surface area (TPSA) is 388 Å². The monoisotopic (exact) mass is 624 g/mol. The Morgan fingerprint density at radius 3 is 1.23 bits per heavy atom. The first-order chi connectivity index (χ1) is 19.6. The third-order valence-corrected chi connectivity index (χ3v) is 4.30. The number of hydrogen-bond donors (Lipinski definition) is 12. The molecule has 0 fully saturated rings. The van der Waals surface area contributed by atoms with Crippen molar-refractivity contribution < 1.29 is 54.3 Å². The van der Waals surface area contributed by atoms with Crippen LogP contribution in [-0.2, 0) is 35.2 Å². The number of nitrogens with zero attached hydrogens (tertiary/aromatic N) is 1. The van der Waals surface area contributed by atoms with Crippen LogP contribution in [0.5, 0.6) is 0 Å². The van der Waals surface area contributed by atoms with Crippen LogP contribution in [0.2, 0.25) is 0 Å². The smallest absolute Gasteiger partial charge is 0.321 e. The van der Waals surface area contributed by atoms with Gasteiger partial charge in [0.15, 0.2) is 0 Å². The van der Waals surface area contributed by atoms with Gasteiger partial charge in [-0.25, -0.2) is 4.98 Å². The molecule has 0 radical (unpaired) electrons. The highest BCUT2D eigenvalue weighted by atomic mass is 16.4. The Morgan fingerprint density at radius 2 is 1.07 bits per heavy atom. The molecule has 0 aliphatic rings. The van der Waals surface area contributed by atoms with Crippen molar-refractivity contribution in [2.24, 2.45) is 46.2 Å². The van der Waals surface area contributed by atoms with Crippen LogP contribution in [0.15, 0.2) is 12.5 Å². The van der Waals surface area contributed by atoms with E-state index in [-0.39, 0.29) is 19.4 Å². The molecule has 0 spiro atoms. The van der Waals surface area contributed by atoms with Crippen LogP contribution in [0.3, 0.4) is 0 Å². The molecule has 43 heavy (non-hydrogen) atoms. The van der Waals surface area contributed by atoms with Crippen LogP contribution in [0.1, 0.15) is 52.7 Å². The predicted octanol–water partition coefficient (Wildman–Crippen LogP) is -2.44. The van der Waals surface area contributed by atoms with Gasteiger partial charge in [0.25, 0.3) is 0 Å². The highest BCUT2D eigenvalue weighted by Crippen LogP contribution is 2.02. The third kappa shape index (κ3) is 35.8. The lowest BCUT2D eigenvalue weighted by Crippen LogP contribution is -2.34. The van der Waals surface area contributed by atoms with Crippen molar-refractivity contribution in [2.45, 2.75) is 77.5 Å². The minimum Gasteiger partial charge on any atom is -0.480 e. The summed E-state index contributed by atoms with van der Waals surface area (Å²) in [6.07, 6.45) is 4.17. The van der Waals surface area contributed by atoms with Gasteiger partial charge in [0.1, 0.15) is 24.2 Å². The summed E-state index contributed by atoms with van der Waals surface area (Å²) in [4.78, 5) is 66.2. The fourth-order valence-electron chi connectivity index (χ4n) is 2.24. The van der Waals surface area contributed by atoms with Crippen LogP contribution in [0.25, 0.3) is 0 Å². The van der Waals surface area contributed by atoms with Gasteiger partial charge in [-0.3, -0.25) is 28.8 Å². The number of aromatic nitrogens is 2. The zero-order chi connectivity index (χ0) is 34.9.